The predicted octanol–water partition coefficient (Wildman–Crippen LogP) is 15.2. The maximum absolute atomic E-state index is 14.4. The number of para-hydroxylation sites is 3. The quantitative estimate of drug-likeness (QED) is 0.0194. The molecular formula is C106H132N15O21P3. The van der Waals surface area contributed by atoms with Crippen molar-refractivity contribution in [1.29, 1.82) is 0 Å². The highest BCUT2D eigenvalue weighted by atomic mass is 31.2. The summed E-state index contributed by atoms with van der Waals surface area (Å²) in [6, 6.07) is 45.8. The number of hydrogen-bond acceptors (Lipinski definition) is 27. The Hall–Kier alpha value is -14.4. The molecule has 3 aliphatic heterocycles. The van der Waals surface area contributed by atoms with Gasteiger partial charge in [0.05, 0.1) is 67.6 Å². The number of hydrogen-bond donors (Lipinski definition) is 0. The highest BCUT2D eigenvalue weighted by Gasteiger charge is 2.43. The Morgan fingerprint density at radius 1 is 0.297 bits per heavy atom. The molecule has 0 saturated carbocycles. The third kappa shape index (κ3) is 28.2. The Morgan fingerprint density at radius 3 is 0.897 bits per heavy atom. The van der Waals surface area contributed by atoms with Crippen molar-refractivity contribution in [3.8, 4) is 86.7 Å². The molecular weight excluding hydrogens is 1910 g/mol. The lowest BCUT2D eigenvalue weighted by atomic mass is 10.0. The molecule has 772 valence electrons. The zero-order valence-electron chi connectivity index (χ0n) is 84.4. The Bertz CT molecular complexity index is 7090. The third-order valence-corrected chi connectivity index (χ3v) is 32.1. The van der Waals surface area contributed by atoms with Crippen molar-refractivity contribution in [3.05, 3.63) is 329 Å². The predicted molar refractivity (Wildman–Crippen MR) is 567 cm³/mol. The van der Waals surface area contributed by atoms with Gasteiger partial charge in [0.1, 0.15) is 37.1 Å². The highest BCUT2D eigenvalue weighted by molar-refractivity contribution is 7.68. The van der Waals surface area contributed by atoms with Crippen LogP contribution in [-0.2, 0) is 72.6 Å². The largest absolute Gasteiger partial charge is 0.463 e. The zero-order valence-corrected chi connectivity index (χ0v) is 87.1. The fourth-order valence-electron chi connectivity index (χ4n) is 15.2. The summed E-state index contributed by atoms with van der Waals surface area (Å²) in [6.07, 6.45) is 16.2. The molecule has 36 nitrogen and oxygen atoms in total. The Morgan fingerprint density at radius 2 is 0.559 bits per heavy atom. The Kier molecular flexibility index (Phi) is 41.8. The first-order chi connectivity index (χ1) is 69.7. The van der Waals surface area contributed by atoms with Crippen LogP contribution in [0.15, 0.2) is 277 Å². The number of benzene rings is 6. The zero-order chi connectivity index (χ0) is 105. The fraction of sp³-hybridized carbons (Fsp3) is 0.387. The van der Waals surface area contributed by atoms with Gasteiger partial charge in [0.2, 0.25) is 0 Å². The standard InChI is InChI=1S/3C26H30N3O5P.2C14H21N3O3/c1-5-15-27-24(30)28(16-18(3)6-2)26(32)29(25(27)31)17-19(4)35(33)23-14-10-8-12-21(23)20-11-7-9-13-22(20)34-35;1-4-15-31-24-27-25(29-26(28-24)33-18-19(3)5-2)32-16-10-17-35(30)23-14-9-7-12-21(23)20-11-6-8-13-22(20)34-35;1-4-15-27-24(30)28(26(32)29(25(27)31)18-19(3)5-2)16-10-17-35(33)23-14-9-7-12-21(23)20-11-6-8-13-22(20)34-35;1-5-8-18-12-15-13(19-9-6-2)17-14(16-12)20-10-11(4)7-3;1-5-8-15-12(18)16(9-6-2)14(20)17(13(15)19)10-11(4)7-3/h5,7-14,18-19H,1,6,15-17H2,2-4H3;2*4,6-9,11-14,19H,1,5,10,15-18H2,2-3H3;2*5-6,11H,1-2,7-10H2,3-4H3. The number of ether oxygens (including phenoxy) is 6. The first-order valence-electron chi connectivity index (χ1n) is 48.5. The van der Waals surface area contributed by atoms with Crippen LogP contribution in [-0.4, -0.2) is 129 Å². The van der Waals surface area contributed by atoms with Gasteiger partial charge in [0.25, 0.3) is 22.1 Å². The van der Waals surface area contributed by atoms with Gasteiger partial charge in [-0.25, -0.2) is 84.3 Å². The van der Waals surface area contributed by atoms with E-state index >= 15 is 0 Å². The lowest BCUT2D eigenvalue weighted by molar-refractivity contribution is 0.217. The summed E-state index contributed by atoms with van der Waals surface area (Å²) < 4.78 is 103. The minimum Gasteiger partial charge on any atom is -0.463 e. The van der Waals surface area contributed by atoms with Gasteiger partial charge in [-0.05, 0) is 95.5 Å². The molecule has 14 rings (SSSR count). The van der Waals surface area contributed by atoms with E-state index in [2.05, 4.69) is 104 Å². The van der Waals surface area contributed by atoms with E-state index in [1.165, 1.54) is 24.3 Å². The van der Waals surface area contributed by atoms with E-state index in [4.69, 9.17) is 42.0 Å². The van der Waals surface area contributed by atoms with Crippen LogP contribution in [0.5, 0.6) is 53.3 Å². The molecule has 3 aliphatic rings. The summed E-state index contributed by atoms with van der Waals surface area (Å²) in [4.78, 5) is 140. The van der Waals surface area contributed by atoms with Gasteiger partial charge in [-0.2, -0.15) is 0 Å². The van der Waals surface area contributed by atoms with Crippen molar-refractivity contribution in [2.75, 3.05) is 52.0 Å². The molecule has 145 heavy (non-hydrogen) atoms. The fourth-order valence-corrected chi connectivity index (χ4v) is 22.3. The van der Waals surface area contributed by atoms with E-state index in [9.17, 15) is 56.8 Å². The van der Waals surface area contributed by atoms with Gasteiger partial charge in [-0.1, -0.05) is 280 Å². The Labute approximate surface area is 842 Å². The van der Waals surface area contributed by atoms with Gasteiger partial charge < -0.3 is 42.0 Å². The first-order valence-corrected chi connectivity index (χ1v) is 53.9. The molecule has 5 aromatic heterocycles. The van der Waals surface area contributed by atoms with Crippen LogP contribution in [0.4, 0.5) is 0 Å². The second-order valence-electron chi connectivity index (χ2n) is 35.2. The molecule has 0 saturated heterocycles. The minimum absolute atomic E-state index is 0.00418. The highest BCUT2D eigenvalue weighted by Crippen LogP contribution is 2.59. The van der Waals surface area contributed by atoms with Crippen LogP contribution in [0.25, 0.3) is 33.4 Å². The number of aromatic nitrogens is 15. The maximum Gasteiger partial charge on any atom is 0.336 e. The molecule has 6 aromatic carbocycles. The van der Waals surface area contributed by atoms with Gasteiger partial charge in [0, 0.05) is 61.7 Å². The molecule has 0 aliphatic carbocycles. The summed E-state index contributed by atoms with van der Waals surface area (Å²) in [5.41, 5.74) is -1.28. The summed E-state index contributed by atoms with van der Waals surface area (Å²) in [7, 11) is -9.93. The van der Waals surface area contributed by atoms with Gasteiger partial charge >= 0.3 is 87.3 Å². The van der Waals surface area contributed by atoms with Gasteiger partial charge in [0.15, 0.2) is 0 Å². The summed E-state index contributed by atoms with van der Waals surface area (Å²) in [5, 5.41) is 1.93. The average Bonchev–Trinajstić information content (AvgIpc) is 0.722. The average molecular weight is 2050 g/mol. The summed E-state index contributed by atoms with van der Waals surface area (Å²) in [6.45, 7) is 49.7. The molecule has 0 spiro atoms. The van der Waals surface area contributed by atoms with Crippen LogP contribution < -0.4 is 109 Å². The third-order valence-electron chi connectivity index (χ3n) is 24.2. The lowest BCUT2D eigenvalue weighted by Crippen LogP contribution is -2.55. The smallest absolute Gasteiger partial charge is 0.336 e. The number of allylic oxidation sites excluding steroid dienone is 4. The topological polar surface area (TPSA) is 410 Å². The molecule has 8 heterocycles. The molecule has 0 amide bonds. The lowest BCUT2D eigenvalue weighted by Gasteiger charge is -2.32. The van der Waals surface area contributed by atoms with Gasteiger partial charge in [-0.3, -0.25) is 13.7 Å². The molecule has 11 aromatic rings. The van der Waals surface area contributed by atoms with E-state index < -0.39 is 79.0 Å². The van der Waals surface area contributed by atoms with Crippen LogP contribution in [0.1, 0.15) is 121 Å². The van der Waals surface area contributed by atoms with Gasteiger partial charge in [-0.15, -0.1) is 56.2 Å². The van der Waals surface area contributed by atoms with Crippen molar-refractivity contribution in [3.63, 3.8) is 0 Å². The van der Waals surface area contributed by atoms with Crippen molar-refractivity contribution >= 4 is 38.0 Å². The van der Waals surface area contributed by atoms with Crippen LogP contribution in [0.3, 0.4) is 0 Å². The molecule has 9 atom stereocenters. The molecule has 0 fully saturated rings. The molecule has 9 unspecified atom stereocenters. The molecule has 0 bridgehead atoms. The van der Waals surface area contributed by atoms with Crippen molar-refractivity contribution in [1.82, 2.24) is 71.0 Å². The number of nitrogens with zero attached hydrogens (tertiary/aromatic N) is 15. The number of fused-ring (bicyclic) bond motifs is 9. The second-order valence-corrected chi connectivity index (χ2v) is 42.9. The van der Waals surface area contributed by atoms with E-state index in [1.807, 2.05) is 163 Å². The van der Waals surface area contributed by atoms with Crippen LogP contribution >= 0.6 is 22.1 Å². The van der Waals surface area contributed by atoms with E-state index in [0.29, 0.717) is 85.2 Å². The SMILES string of the molecule is C=CCOc1nc(OCC=C)nc(OCC(C)CC)n1.C=CCOc1nc(OCCCP2(=O)Oc3ccccc3-c3ccccc32)nc(OCC(C)CC)n1.C=CCn1c(=O)n(CC(C)CC)c(=O)n(CC(C)P2(=O)Oc3ccccc3-c3ccccc32)c1=O.C=CCn1c(=O)n(CC=C)c(=O)n(CC(C)CC)c1=O.C=CCn1c(=O)n(CCCP2(=O)Oc3ccccc3-c3ccccc32)c(=O)n(CC(C)CC)c1=O. The van der Waals surface area contributed by atoms with Crippen molar-refractivity contribution in [2.45, 2.75) is 186 Å². The molecule has 0 N–H and O–H groups in total. The Balaban J connectivity index is 0.000000190. The number of rotatable bonds is 46. The van der Waals surface area contributed by atoms with E-state index in [0.717, 1.165) is 112 Å². The minimum atomic E-state index is -3.54. The molecule has 0 radical (unpaired) electrons. The first kappa shape index (κ1) is 113. The van der Waals surface area contributed by atoms with Crippen molar-refractivity contribution < 1.29 is 55.7 Å². The van der Waals surface area contributed by atoms with Crippen molar-refractivity contribution in [2.24, 2.45) is 29.6 Å². The maximum atomic E-state index is 14.4. The normalized spacial score (nSPS) is 15.9. The van der Waals surface area contributed by atoms with Crippen LogP contribution in [0.2, 0.25) is 0 Å². The van der Waals surface area contributed by atoms with E-state index in [-0.39, 0.29) is 132 Å². The second kappa shape index (κ2) is 53.8. The van der Waals surface area contributed by atoms with Crippen LogP contribution in [0, 0.1) is 29.6 Å². The summed E-state index contributed by atoms with van der Waals surface area (Å²) >= 11 is 0. The monoisotopic (exact) mass is 2040 g/mol. The molecule has 39 heteroatoms. The van der Waals surface area contributed by atoms with E-state index in [1.54, 1.807) is 49.4 Å². The summed E-state index contributed by atoms with van der Waals surface area (Å²) in [5.74, 6) is 2.79.